The quantitative estimate of drug-likeness (QED) is 0.811. The standard InChI is InChI=1S/C13H20N2O/c1-14-12-4-6-13(16,7-5-12)9-11-3-2-8-15-10-11/h2-3,8,10,12,14,16H,4-7,9H2,1H3. The minimum atomic E-state index is -0.517. The van der Waals surface area contributed by atoms with Gasteiger partial charge in [0, 0.05) is 24.9 Å². The van der Waals surface area contributed by atoms with Crippen LogP contribution in [-0.2, 0) is 6.42 Å². The van der Waals surface area contributed by atoms with E-state index in [1.54, 1.807) is 6.20 Å². The molecule has 1 heterocycles. The summed E-state index contributed by atoms with van der Waals surface area (Å²) in [5, 5.41) is 13.8. The molecule has 0 saturated heterocycles. The zero-order valence-corrected chi connectivity index (χ0v) is 9.82. The van der Waals surface area contributed by atoms with E-state index in [4.69, 9.17) is 0 Å². The van der Waals surface area contributed by atoms with E-state index in [1.165, 1.54) is 0 Å². The molecule has 0 unspecified atom stereocenters. The number of rotatable bonds is 3. The topological polar surface area (TPSA) is 45.1 Å². The van der Waals surface area contributed by atoms with Crippen molar-refractivity contribution >= 4 is 0 Å². The Labute approximate surface area is 96.9 Å². The number of aliphatic hydroxyl groups is 1. The summed E-state index contributed by atoms with van der Waals surface area (Å²) in [5.41, 5.74) is 0.615. The third kappa shape index (κ3) is 2.80. The Balaban J connectivity index is 1.95. The molecule has 2 N–H and O–H groups in total. The largest absolute Gasteiger partial charge is 0.390 e. The highest BCUT2D eigenvalue weighted by Gasteiger charge is 2.32. The highest BCUT2D eigenvalue weighted by Crippen LogP contribution is 2.31. The van der Waals surface area contributed by atoms with Gasteiger partial charge in [-0.3, -0.25) is 4.98 Å². The van der Waals surface area contributed by atoms with Gasteiger partial charge in [0.05, 0.1) is 5.60 Å². The minimum Gasteiger partial charge on any atom is -0.390 e. The summed E-state index contributed by atoms with van der Waals surface area (Å²) in [6, 6.07) is 4.54. The zero-order chi connectivity index (χ0) is 11.4. The van der Waals surface area contributed by atoms with Gasteiger partial charge < -0.3 is 10.4 Å². The van der Waals surface area contributed by atoms with E-state index in [-0.39, 0.29) is 0 Å². The molecule has 0 radical (unpaired) electrons. The molecule has 3 nitrogen and oxygen atoms in total. The van der Waals surface area contributed by atoms with Crippen molar-refractivity contribution in [2.45, 2.75) is 43.7 Å². The summed E-state index contributed by atoms with van der Waals surface area (Å²) in [4.78, 5) is 4.09. The van der Waals surface area contributed by atoms with Crippen molar-refractivity contribution in [3.63, 3.8) is 0 Å². The first-order chi connectivity index (χ1) is 7.72. The van der Waals surface area contributed by atoms with Crippen LogP contribution in [0.1, 0.15) is 31.2 Å². The SMILES string of the molecule is CNC1CCC(O)(Cc2cccnc2)CC1. The molecule has 1 aliphatic rings. The molecular weight excluding hydrogens is 200 g/mol. The second kappa shape index (κ2) is 4.93. The van der Waals surface area contributed by atoms with Gasteiger partial charge in [-0.2, -0.15) is 0 Å². The Morgan fingerprint density at radius 1 is 1.50 bits per heavy atom. The molecule has 0 amide bonds. The monoisotopic (exact) mass is 220 g/mol. The fourth-order valence-electron chi connectivity index (χ4n) is 2.50. The molecule has 0 aromatic carbocycles. The molecule has 0 aliphatic heterocycles. The number of nitrogens with zero attached hydrogens (tertiary/aromatic N) is 1. The Morgan fingerprint density at radius 3 is 2.81 bits per heavy atom. The van der Waals surface area contributed by atoms with Gasteiger partial charge in [-0.15, -0.1) is 0 Å². The van der Waals surface area contributed by atoms with Crippen LogP contribution >= 0.6 is 0 Å². The lowest BCUT2D eigenvalue weighted by molar-refractivity contribution is -0.00248. The predicted octanol–water partition coefficient (Wildman–Crippen LogP) is 1.52. The lowest BCUT2D eigenvalue weighted by Crippen LogP contribution is -2.41. The molecule has 88 valence electrons. The van der Waals surface area contributed by atoms with E-state index in [9.17, 15) is 5.11 Å². The number of pyridine rings is 1. The number of hydrogen-bond acceptors (Lipinski definition) is 3. The van der Waals surface area contributed by atoms with Crippen LogP contribution in [0.3, 0.4) is 0 Å². The first-order valence-electron chi connectivity index (χ1n) is 6.00. The summed E-state index contributed by atoms with van der Waals surface area (Å²) in [5.74, 6) is 0. The molecule has 1 aromatic rings. The smallest absolute Gasteiger partial charge is 0.0689 e. The molecule has 1 aromatic heterocycles. The summed E-state index contributed by atoms with van der Waals surface area (Å²) < 4.78 is 0. The molecule has 2 rings (SSSR count). The van der Waals surface area contributed by atoms with E-state index in [0.29, 0.717) is 6.04 Å². The second-order valence-electron chi connectivity index (χ2n) is 4.83. The van der Waals surface area contributed by atoms with Crippen LogP contribution in [-0.4, -0.2) is 28.8 Å². The van der Waals surface area contributed by atoms with E-state index in [0.717, 1.165) is 37.7 Å². The lowest BCUT2D eigenvalue weighted by Gasteiger charge is -2.36. The van der Waals surface area contributed by atoms with Crippen LogP contribution in [0, 0.1) is 0 Å². The van der Waals surface area contributed by atoms with Gasteiger partial charge in [-0.05, 0) is 44.4 Å². The third-order valence-corrected chi connectivity index (χ3v) is 3.58. The Morgan fingerprint density at radius 2 is 2.25 bits per heavy atom. The zero-order valence-electron chi connectivity index (χ0n) is 9.82. The summed E-state index contributed by atoms with van der Waals surface area (Å²) in [6.07, 6.45) is 8.24. The van der Waals surface area contributed by atoms with E-state index < -0.39 is 5.60 Å². The normalized spacial score (nSPS) is 30.2. The van der Waals surface area contributed by atoms with Gasteiger partial charge in [-0.1, -0.05) is 6.07 Å². The molecule has 1 aliphatic carbocycles. The van der Waals surface area contributed by atoms with Gasteiger partial charge in [0.25, 0.3) is 0 Å². The first-order valence-corrected chi connectivity index (χ1v) is 6.00. The van der Waals surface area contributed by atoms with E-state index >= 15 is 0 Å². The highest BCUT2D eigenvalue weighted by molar-refractivity contribution is 5.12. The van der Waals surface area contributed by atoms with Gasteiger partial charge in [0.15, 0.2) is 0 Å². The average molecular weight is 220 g/mol. The Bertz CT molecular complexity index is 318. The van der Waals surface area contributed by atoms with Crippen molar-refractivity contribution in [1.29, 1.82) is 0 Å². The number of hydrogen-bond donors (Lipinski definition) is 2. The maximum Gasteiger partial charge on any atom is 0.0689 e. The van der Waals surface area contributed by atoms with Crippen molar-refractivity contribution in [3.05, 3.63) is 30.1 Å². The van der Waals surface area contributed by atoms with Crippen LogP contribution in [0.15, 0.2) is 24.5 Å². The van der Waals surface area contributed by atoms with E-state index in [2.05, 4.69) is 10.3 Å². The average Bonchev–Trinajstić information content (AvgIpc) is 2.31. The molecule has 3 heteroatoms. The molecule has 1 fully saturated rings. The fraction of sp³-hybridized carbons (Fsp3) is 0.615. The maximum atomic E-state index is 10.5. The van der Waals surface area contributed by atoms with Crippen LogP contribution in [0.25, 0.3) is 0 Å². The number of aromatic nitrogens is 1. The summed E-state index contributed by atoms with van der Waals surface area (Å²) in [7, 11) is 2.00. The van der Waals surface area contributed by atoms with Gasteiger partial charge in [0.2, 0.25) is 0 Å². The molecule has 16 heavy (non-hydrogen) atoms. The van der Waals surface area contributed by atoms with Crippen molar-refractivity contribution < 1.29 is 5.11 Å². The van der Waals surface area contributed by atoms with Crippen LogP contribution in [0.4, 0.5) is 0 Å². The fourth-order valence-corrected chi connectivity index (χ4v) is 2.50. The third-order valence-electron chi connectivity index (χ3n) is 3.58. The minimum absolute atomic E-state index is 0.517. The van der Waals surface area contributed by atoms with E-state index in [1.807, 2.05) is 25.4 Å². The molecule has 0 bridgehead atoms. The van der Waals surface area contributed by atoms with Crippen LogP contribution in [0.2, 0.25) is 0 Å². The van der Waals surface area contributed by atoms with Crippen molar-refractivity contribution in [2.24, 2.45) is 0 Å². The second-order valence-corrected chi connectivity index (χ2v) is 4.83. The predicted molar refractivity (Wildman–Crippen MR) is 64.2 cm³/mol. The summed E-state index contributed by atoms with van der Waals surface area (Å²) in [6.45, 7) is 0. The summed E-state index contributed by atoms with van der Waals surface area (Å²) >= 11 is 0. The van der Waals surface area contributed by atoms with Crippen molar-refractivity contribution in [1.82, 2.24) is 10.3 Å². The molecule has 1 saturated carbocycles. The molecule has 0 atom stereocenters. The maximum absolute atomic E-state index is 10.5. The van der Waals surface area contributed by atoms with Crippen LogP contribution in [0.5, 0.6) is 0 Å². The van der Waals surface area contributed by atoms with Crippen molar-refractivity contribution in [3.8, 4) is 0 Å². The van der Waals surface area contributed by atoms with Gasteiger partial charge in [-0.25, -0.2) is 0 Å². The number of nitrogens with one attached hydrogen (secondary N) is 1. The Hall–Kier alpha value is -0.930. The Kier molecular flexibility index (Phi) is 3.56. The van der Waals surface area contributed by atoms with Crippen molar-refractivity contribution in [2.75, 3.05) is 7.05 Å². The van der Waals surface area contributed by atoms with Gasteiger partial charge >= 0.3 is 0 Å². The highest BCUT2D eigenvalue weighted by atomic mass is 16.3. The molecular formula is C13H20N2O. The molecule has 0 spiro atoms. The van der Waals surface area contributed by atoms with Gasteiger partial charge in [0.1, 0.15) is 0 Å². The first kappa shape index (κ1) is 11.6. The van der Waals surface area contributed by atoms with Crippen LogP contribution < -0.4 is 5.32 Å². The lowest BCUT2D eigenvalue weighted by atomic mass is 9.79.